The van der Waals surface area contributed by atoms with Crippen molar-refractivity contribution < 1.29 is 9.90 Å². The molecule has 1 N–H and O–H groups in total. The van der Waals surface area contributed by atoms with Crippen LogP contribution in [0.5, 0.6) is 0 Å². The van der Waals surface area contributed by atoms with E-state index in [-0.39, 0.29) is 11.2 Å². The monoisotopic (exact) mass is 271 g/mol. The summed E-state index contributed by atoms with van der Waals surface area (Å²) in [5, 5.41) is 10.2. The number of aliphatic hydroxyl groups excluding tert-OH is 1. The fourth-order valence-electron chi connectivity index (χ4n) is 2.75. The average molecular weight is 271 g/mol. The van der Waals surface area contributed by atoms with Crippen molar-refractivity contribution in [2.45, 2.75) is 32.3 Å². The van der Waals surface area contributed by atoms with Crippen molar-refractivity contribution in [1.82, 2.24) is 14.5 Å². The van der Waals surface area contributed by atoms with Crippen molar-refractivity contribution in [2.24, 2.45) is 7.05 Å². The highest BCUT2D eigenvalue weighted by molar-refractivity contribution is 6.06. The number of rotatable bonds is 0. The van der Waals surface area contributed by atoms with Crippen molar-refractivity contribution in [2.75, 3.05) is 0 Å². The lowest BCUT2D eigenvalue weighted by atomic mass is 9.93. The summed E-state index contributed by atoms with van der Waals surface area (Å²) in [4.78, 5) is 20.8. The van der Waals surface area contributed by atoms with E-state index in [1.165, 1.54) is 0 Å². The van der Waals surface area contributed by atoms with Gasteiger partial charge in [0.2, 0.25) is 5.78 Å². The van der Waals surface area contributed by atoms with E-state index in [2.05, 4.69) is 30.7 Å². The molecule has 0 saturated heterocycles. The molecule has 2 aromatic heterocycles. The van der Waals surface area contributed by atoms with Crippen LogP contribution in [0.1, 0.15) is 48.9 Å². The molecular weight excluding hydrogens is 254 g/mol. The minimum atomic E-state index is -1.23. The molecular formula is C15H17N3O2. The SMILES string of the molecule is Cn1c(C(C)(C)C)nc2c1-c1cccnc1C(=O)C2O. The van der Waals surface area contributed by atoms with Crippen LogP contribution < -0.4 is 0 Å². The Labute approximate surface area is 117 Å². The molecule has 1 aliphatic rings. The maximum Gasteiger partial charge on any atom is 0.216 e. The van der Waals surface area contributed by atoms with Gasteiger partial charge in [-0.15, -0.1) is 0 Å². The second-order valence-corrected chi connectivity index (χ2v) is 6.14. The van der Waals surface area contributed by atoms with Gasteiger partial charge < -0.3 is 9.67 Å². The summed E-state index contributed by atoms with van der Waals surface area (Å²) in [6, 6.07) is 3.64. The molecule has 0 amide bonds. The van der Waals surface area contributed by atoms with Crippen LogP contribution >= 0.6 is 0 Å². The number of ketones is 1. The minimum absolute atomic E-state index is 0.169. The summed E-state index contributed by atoms with van der Waals surface area (Å²) >= 11 is 0. The molecule has 0 aliphatic heterocycles. The number of aliphatic hydroxyl groups is 1. The van der Waals surface area contributed by atoms with Crippen molar-refractivity contribution in [3.63, 3.8) is 0 Å². The summed E-state index contributed by atoms with van der Waals surface area (Å²) < 4.78 is 1.95. The van der Waals surface area contributed by atoms with E-state index in [4.69, 9.17) is 0 Å². The first-order chi connectivity index (χ1) is 9.32. The van der Waals surface area contributed by atoms with Gasteiger partial charge in [0.1, 0.15) is 17.2 Å². The maximum atomic E-state index is 12.2. The molecule has 0 fully saturated rings. The number of carbonyl (C=O) groups is 1. The molecule has 1 unspecified atom stereocenters. The fourth-order valence-corrected chi connectivity index (χ4v) is 2.75. The van der Waals surface area contributed by atoms with Gasteiger partial charge in [-0.3, -0.25) is 9.78 Å². The number of aromatic nitrogens is 3. The molecule has 0 bridgehead atoms. The predicted octanol–water partition coefficient (Wildman–Crippen LogP) is 2.01. The van der Waals surface area contributed by atoms with Gasteiger partial charge in [-0.2, -0.15) is 0 Å². The highest BCUT2D eigenvalue weighted by atomic mass is 16.3. The molecule has 5 heteroatoms. The van der Waals surface area contributed by atoms with E-state index < -0.39 is 6.10 Å². The van der Waals surface area contributed by atoms with E-state index in [1.807, 2.05) is 17.7 Å². The number of imidazole rings is 1. The number of hydrogen-bond donors (Lipinski definition) is 1. The van der Waals surface area contributed by atoms with Crippen LogP contribution in [-0.2, 0) is 12.5 Å². The van der Waals surface area contributed by atoms with Crippen LogP contribution in [0.4, 0.5) is 0 Å². The Morgan fingerprint density at radius 2 is 2.05 bits per heavy atom. The largest absolute Gasteiger partial charge is 0.378 e. The van der Waals surface area contributed by atoms with Crippen LogP contribution in [-0.4, -0.2) is 25.4 Å². The van der Waals surface area contributed by atoms with Gasteiger partial charge in [0.15, 0.2) is 6.10 Å². The molecule has 0 aromatic carbocycles. The predicted molar refractivity (Wildman–Crippen MR) is 74.4 cm³/mol. The third kappa shape index (κ3) is 1.63. The number of nitrogens with zero attached hydrogens (tertiary/aromatic N) is 3. The Morgan fingerprint density at radius 3 is 2.70 bits per heavy atom. The lowest BCUT2D eigenvalue weighted by Gasteiger charge is -2.20. The second kappa shape index (κ2) is 3.99. The van der Waals surface area contributed by atoms with Crippen LogP contribution in [0.2, 0.25) is 0 Å². The fraction of sp³-hybridized carbons (Fsp3) is 0.400. The van der Waals surface area contributed by atoms with Crippen LogP contribution in [0.25, 0.3) is 11.3 Å². The second-order valence-electron chi connectivity index (χ2n) is 6.14. The molecule has 104 valence electrons. The maximum absolute atomic E-state index is 12.2. The standard InChI is InChI=1S/C15H17N3O2/c1-15(2,3)14-17-10-11(18(14)4)8-6-5-7-16-9(8)12(19)13(10)20/h5-7,13,20H,1-4H3. The zero-order chi connectivity index (χ0) is 14.7. The minimum Gasteiger partial charge on any atom is -0.378 e. The van der Waals surface area contributed by atoms with Crippen molar-refractivity contribution in [1.29, 1.82) is 0 Å². The quantitative estimate of drug-likeness (QED) is 0.796. The number of pyridine rings is 1. The van der Waals surface area contributed by atoms with Crippen LogP contribution in [0, 0.1) is 0 Å². The summed E-state index contributed by atoms with van der Waals surface area (Å²) in [7, 11) is 1.91. The average Bonchev–Trinajstić information content (AvgIpc) is 2.74. The zero-order valence-electron chi connectivity index (χ0n) is 12.0. The number of fused-ring (bicyclic) bond motifs is 3. The van der Waals surface area contributed by atoms with E-state index in [0.29, 0.717) is 11.4 Å². The summed E-state index contributed by atoms with van der Waals surface area (Å²) in [5.41, 5.74) is 2.10. The molecule has 20 heavy (non-hydrogen) atoms. The highest BCUT2D eigenvalue weighted by Gasteiger charge is 2.37. The smallest absolute Gasteiger partial charge is 0.216 e. The first-order valence-corrected chi connectivity index (χ1v) is 6.57. The Hall–Kier alpha value is -2.01. The molecule has 3 rings (SSSR count). The molecule has 2 aromatic rings. The lowest BCUT2D eigenvalue weighted by molar-refractivity contribution is 0.0730. The summed E-state index contributed by atoms with van der Waals surface area (Å²) in [5.74, 6) is 0.456. The van der Waals surface area contributed by atoms with Gasteiger partial charge in [0.25, 0.3) is 0 Å². The van der Waals surface area contributed by atoms with Gasteiger partial charge >= 0.3 is 0 Å². The Morgan fingerprint density at radius 1 is 1.35 bits per heavy atom. The molecule has 0 saturated carbocycles. The summed E-state index contributed by atoms with van der Waals surface area (Å²) in [6.07, 6.45) is 0.338. The van der Waals surface area contributed by atoms with Crippen LogP contribution in [0.15, 0.2) is 18.3 Å². The Bertz CT molecular complexity index is 710. The Balaban J connectivity index is 2.35. The van der Waals surface area contributed by atoms with Crippen LogP contribution in [0.3, 0.4) is 0 Å². The number of carbonyl (C=O) groups excluding carboxylic acids is 1. The molecule has 5 nitrogen and oxygen atoms in total. The first-order valence-electron chi connectivity index (χ1n) is 6.57. The number of Topliss-reactive ketones (excluding diaryl/α,β-unsaturated/α-hetero) is 1. The van der Waals surface area contributed by atoms with Gasteiger partial charge in [-0.1, -0.05) is 20.8 Å². The van der Waals surface area contributed by atoms with E-state index in [9.17, 15) is 9.90 Å². The van der Waals surface area contributed by atoms with Gasteiger partial charge in [-0.05, 0) is 12.1 Å². The first kappa shape index (κ1) is 13.0. The van der Waals surface area contributed by atoms with Crippen molar-refractivity contribution >= 4 is 5.78 Å². The lowest BCUT2D eigenvalue weighted by Crippen LogP contribution is -2.21. The van der Waals surface area contributed by atoms with E-state index >= 15 is 0 Å². The van der Waals surface area contributed by atoms with Gasteiger partial charge in [0, 0.05) is 24.2 Å². The van der Waals surface area contributed by atoms with E-state index in [0.717, 1.165) is 17.1 Å². The molecule has 0 radical (unpaired) electrons. The zero-order valence-corrected chi connectivity index (χ0v) is 12.0. The van der Waals surface area contributed by atoms with Crippen molar-refractivity contribution in [3.8, 4) is 11.3 Å². The molecule has 1 aliphatic carbocycles. The van der Waals surface area contributed by atoms with Gasteiger partial charge in [0.05, 0.1) is 5.69 Å². The topological polar surface area (TPSA) is 68.0 Å². The third-order valence-corrected chi connectivity index (χ3v) is 3.60. The van der Waals surface area contributed by atoms with Gasteiger partial charge in [-0.25, -0.2) is 4.98 Å². The molecule has 0 spiro atoms. The van der Waals surface area contributed by atoms with Crippen molar-refractivity contribution in [3.05, 3.63) is 35.5 Å². The number of hydrogen-bond acceptors (Lipinski definition) is 4. The third-order valence-electron chi connectivity index (χ3n) is 3.60. The Kier molecular flexibility index (Phi) is 2.59. The van der Waals surface area contributed by atoms with E-state index in [1.54, 1.807) is 12.3 Å². The molecule has 2 heterocycles. The molecule has 1 atom stereocenters. The summed E-state index contributed by atoms with van der Waals surface area (Å²) in [6.45, 7) is 6.16. The normalized spacial score (nSPS) is 17.9. The highest BCUT2D eigenvalue weighted by Crippen LogP contribution is 2.39.